The fourth-order valence-electron chi connectivity index (χ4n) is 1.44. The fraction of sp³-hybridized carbons (Fsp3) is 0.143. The van der Waals surface area contributed by atoms with E-state index in [1.54, 1.807) is 0 Å². The van der Waals surface area contributed by atoms with Gasteiger partial charge < -0.3 is 5.11 Å². The lowest BCUT2D eigenvalue weighted by molar-refractivity contribution is 0.102. The Labute approximate surface area is 123 Å². The molecule has 1 aromatic carbocycles. The molecule has 108 valence electrons. The number of nitrogens with one attached hydrogen (secondary N) is 1. The van der Waals surface area contributed by atoms with Crippen molar-refractivity contribution in [1.82, 2.24) is 4.98 Å². The van der Waals surface area contributed by atoms with Crippen LogP contribution in [0.2, 0.25) is 0 Å². The van der Waals surface area contributed by atoms with E-state index >= 15 is 0 Å². The average Bonchev–Trinajstić information content (AvgIpc) is 2.89. The number of aliphatic hydroxyl groups is 1. The molecule has 0 saturated carbocycles. The molecule has 0 radical (unpaired) electrons. The second kappa shape index (κ2) is 6.92. The van der Waals surface area contributed by atoms with E-state index in [0.717, 1.165) is 17.4 Å². The van der Waals surface area contributed by atoms with Crippen LogP contribution in [0.5, 0.6) is 0 Å². The zero-order valence-electron chi connectivity index (χ0n) is 10.7. The predicted molar refractivity (Wildman–Crippen MR) is 75.0 cm³/mol. The maximum Gasteiger partial charge on any atom is 0.260 e. The minimum Gasteiger partial charge on any atom is -0.395 e. The lowest BCUT2D eigenvalue weighted by Gasteiger charge is -2.03. The van der Waals surface area contributed by atoms with Crippen LogP contribution in [0, 0.1) is 23.5 Å². The summed E-state index contributed by atoms with van der Waals surface area (Å²) in [6.07, 6.45) is 1.79. The number of nitrogens with zero attached hydrogens (tertiary/aromatic N) is 1. The number of amides is 1. The van der Waals surface area contributed by atoms with Gasteiger partial charge in [-0.2, -0.15) is 0 Å². The van der Waals surface area contributed by atoms with Gasteiger partial charge in [0.2, 0.25) is 0 Å². The largest absolute Gasteiger partial charge is 0.395 e. The Morgan fingerprint density at radius 3 is 3.00 bits per heavy atom. The van der Waals surface area contributed by atoms with Crippen LogP contribution < -0.4 is 5.32 Å². The Morgan fingerprint density at radius 1 is 1.43 bits per heavy atom. The van der Waals surface area contributed by atoms with Gasteiger partial charge in [-0.1, -0.05) is 29.2 Å². The monoisotopic (exact) mass is 308 g/mol. The third-order valence-electron chi connectivity index (χ3n) is 2.37. The molecule has 2 N–H and O–H groups in total. The van der Waals surface area contributed by atoms with Crippen molar-refractivity contribution in [2.24, 2.45) is 0 Å². The number of carbonyl (C=O) groups is 1. The SMILES string of the molecule is O=C(Nc1ncc(C#CCCO)s1)c1cccc(F)c1F. The van der Waals surface area contributed by atoms with E-state index in [1.165, 1.54) is 18.3 Å². The Kier molecular flexibility index (Phi) is 4.98. The van der Waals surface area contributed by atoms with Gasteiger partial charge in [-0.25, -0.2) is 13.8 Å². The summed E-state index contributed by atoms with van der Waals surface area (Å²) in [5, 5.41) is 11.2. The molecular formula is C14H10F2N2O2S. The van der Waals surface area contributed by atoms with Gasteiger partial charge in [-0.05, 0) is 12.1 Å². The number of anilines is 1. The van der Waals surface area contributed by atoms with Crippen LogP contribution in [0.15, 0.2) is 24.4 Å². The van der Waals surface area contributed by atoms with Crippen LogP contribution in [-0.4, -0.2) is 22.6 Å². The molecule has 0 fully saturated rings. The second-order valence-electron chi connectivity index (χ2n) is 3.86. The first-order chi connectivity index (χ1) is 10.1. The van der Waals surface area contributed by atoms with Crippen LogP contribution >= 0.6 is 11.3 Å². The van der Waals surface area contributed by atoms with Crippen molar-refractivity contribution in [3.8, 4) is 11.8 Å². The van der Waals surface area contributed by atoms with Crippen molar-refractivity contribution in [2.75, 3.05) is 11.9 Å². The number of hydrogen-bond acceptors (Lipinski definition) is 4. The van der Waals surface area contributed by atoms with Gasteiger partial charge in [0.15, 0.2) is 16.8 Å². The van der Waals surface area contributed by atoms with Crippen LogP contribution in [0.3, 0.4) is 0 Å². The molecule has 1 heterocycles. The van der Waals surface area contributed by atoms with E-state index in [4.69, 9.17) is 5.11 Å². The molecule has 0 aliphatic carbocycles. The van der Waals surface area contributed by atoms with Crippen molar-refractivity contribution >= 4 is 22.4 Å². The van der Waals surface area contributed by atoms with E-state index in [9.17, 15) is 13.6 Å². The van der Waals surface area contributed by atoms with Gasteiger partial charge in [0.25, 0.3) is 5.91 Å². The maximum atomic E-state index is 13.5. The molecule has 0 aliphatic rings. The molecule has 1 amide bonds. The van der Waals surface area contributed by atoms with E-state index < -0.39 is 23.1 Å². The molecule has 0 bridgehead atoms. The minimum atomic E-state index is -1.20. The summed E-state index contributed by atoms with van der Waals surface area (Å²) in [7, 11) is 0. The number of hydrogen-bond donors (Lipinski definition) is 2. The Hall–Kier alpha value is -2.30. The molecule has 1 aromatic heterocycles. The van der Waals surface area contributed by atoms with Gasteiger partial charge in [0.1, 0.15) is 0 Å². The summed E-state index contributed by atoms with van der Waals surface area (Å²) in [5.41, 5.74) is -0.391. The first-order valence-corrected chi connectivity index (χ1v) is 6.74. The smallest absolute Gasteiger partial charge is 0.260 e. The number of aliphatic hydroxyl groups excluding tert-OH is 1. The molecule has 0 atom stereocenters. The molecule has 2 rings (SSSR count). The molecule has 2 aromatic rings. The number of benzene rings is 1. The highest BCUT2D eigenvalue weighted by Gasteiger charge is 2.16. The second-order valence-corrected chi connectivity index (χ2v) is 4.89. The number of rotatable bonds is 3. The van der Waals surface area contributed by atoms with Crippen LogP contribution in [0.1, 0.15) is 21.7 Å². The third kappa shape index (κ3) is 3.84. The zero-order chi connectivity index (χ0) is 15.2. The summed E-state index contributed by atoms with van der Waals surface area (Å²) in [4.78, 5) is 16.4. The Morgan fingerprint density at radius 2 is 2.24 bits per heavy atom. The Bertz CT molecular complexity index is 719. The fourth-order valence-corrected chi connectivity index (χ4v) is 2.12. The van der Waals surface area contributed by atoms with Crippen LogP contribution in [0.25, 0.3) is 0 Å². The average molecular weight is 308 g/mol. The highest BCUT2D eigenvalue weighted by atomic mass is 32.1. The van der Waals surface area contributed by atoms with E-state index in [1.807, 2.05) is 0 Å². The lowest BCUT2D eigenvalue weighted by Crippen LogP contribution is -2.14. The summed E-state index contributed by atoms with van der Waals surface area (Å²) in [5.74, 6) is 2.41. The maximum absolute atomic E-state index is 13.5. The van der Waals surface area contributed by atoms with Crippen molar-refractivity contribution in [2.45, 2.75) is 6.42 Å². The predicted octanol–water partition coefficient (Wildman–Crippen LogP) is 2.41. The molecule has 0 saturated heterocycles. The van der Waals surface area contributed by atoms with E-state index in [-0.39, 0.29) is 11.7 Å². The van der Waals surface area contributed by atoms with Crippen molar-refractivity contribution in [3.05, 3.63) is 46.5 Å². The normalized spacial score (nSPS) is 9.86. The van der Waals surface area contributed by atoms with Gasteiger partial charge in [-0.3, -0.25) is 10.1 Å². The van der Waals surface area contributed by atoms with Crippen molar-refractivity contribution in [1.29, 1.82) is 0 Å². The molecule has 7 heteroatoms. The van der Waals surface area contributed by atoms with Gasteiger partial charge in [-0.15, -0.1) is 0 Å². The van der Waals surface area contributed by atoms with Gasteiger partial charge >= 0.3 is 0 Å². The van der Waals surface area contributed by atoms with E-state index in [0.29, 0.717) is 11.3 Å². The number of carbonyl (C=O) groups excluding carboxylic acids is 1. The summed E-state index contributed by atoms with van der Waals surface area (Å²) in [6.45, 7) is -0.0335. The highest BCUT2D eigenvalue weighted by Crippen LogP contribution is 2.19. The number of aromatic nitrogens is 1. The van der Waals surface area contributed by atoms with Crippen LogP contribution in [0.4, 0.5) is 13.9 Å². The number of halogens is 2. The molecule has 0 aliphatic heterocycles. The molecular weight excluding hydrogens is 298 g/mol. The lowest BCUT2D eigenvalue weighted by atomic mass is 10.2. The van der Waals surface area contributed by atoms with Crippen molar-refractivity contribution < 1.29 is 18.7 Å². The highest BCUT2D eigenvalue weighted by molar-refractivity contribution is 7.16. The quantitative estimate of drug-likeness (QED) is 0.856. The Balaban J connectivity index is 2.10. The standard InChI is InChI=1S/C14H10F2N2O2S/c15-11-6-3-5-10(12(11)16)13(20)18-14-17-8-9(21-14)4-1-2-7-19/h3,5-6,8,19H,2,7H2,(H,17,18,20). The summed E-state index contributed by atoms with van der Waals surface area (Å²) in [6, 6.07) is 3.37. The molecule has 4 nitrogen and oxygen atoms in total. The zero-order valence-corrected chi connectivity index (χ0v) is 11.5. The number of thiazole rings is 1. The first kappa shape index (κ1) is 15.1. The molecule has 0 spiro atoms. The van der Waals surface area contributed by atoms with Gasteiger partial charge in [0.05, 0.1) is 23.2 Å². The van der Waals surface area contributed by atoms with Crippen molar-refractivity contribution in [3.63, 3.8) is 0 Å². The minimum absolute atomic E-state index is 0.0335. The first-order valence-electron chi connectivity index (χ1n) is 5.92. The topological polar surface area (TPSA) is 62.2 Å². The third-order valence-corrected chi connectivity index (χ3v) is 3.20. The van der Waals surface area contributed by atoms with Crippen LogP contribution in [-0.2, 0) is 0 Å². The molecule has 21 heavy (non-hydrogen) atoms. The molecule has 0 unspecified atom stereocenters. The van der Waals surface area contributed by atoms with Gasteiger partial charge in [0, 0.05) is 6.42 Å². The summed E-state index contributed by atoms with van der Waals surface area (Å²) < 4.78 is 26.5. The summed E-state index contributed by atoms with van der Waals surface area (Å²) >= 11 is 1.10. The van der Waals surface area contributed by atoms with E-state index in [2.05, 4.69) is 22.1 Å².